The first-order chi connectivity index (χ1) is 14.9. The van der Waals surface area contributed by atoms with Crippen LogP contribution in [-0.4, -0.2) is 57.8 Å². The van der Waals surface area contributed by atoms with Gasteiger partial charge in [-0.25, -0.2) is 4.79 Å². The number of amides is 4. The Hall–Kier alpha value is -2.99. The molecule has 4 amide bonds. The molecule has 1 saturated heterocycles. The second-order valence-corrected chi connectivity index (χ2v) is 8.66. The van der Waals surface area contributed by atoms with Crippen molar-refractivity contribution in [3.05, 3.63) is 35.9 Å². The molecule has 1 unspecified atom stereocenters. The van der Waals surface area contributed by atoms with Crippen LogP contribution in [0.15, 0.2) is 34.7 Å². The highest BCUT2D eigenvalue weighted by Crippen LogP contribution is 2.32. The third-order valence-electron chi connectivity index (χ3n) is 4.55. The standard InChI is InChI=1S/C19H21N5O5S2/c1-3-19(12-8-6-5-7-9-12)15(27)24(17(28)21-19)10-13(25)20-16-22-23-18(31-16)30-11-14(26)29-4-2/h5-9H,3-4,10-11H2,1-2H3,(H,21,28)(H,20,22,25). The topological polar surface area (TPSA) is 131 Å². The van der Waals surface area contributed by atoms with Crippen LogP contribution in [0, 0.1) is 0 Å². The zero-order valence-electron chi connectivity index (χ0n) is 16.9. The second kappa shape index (κ2) is 9.88. The van der Waals surface area contributed by atoms with Crippen molar-refractivity contribution >= 4 is 52.0 Å². The minimum atomic E-state index is -1.20. The Bertz CT molecular complexity index is 983. The summed E-state index contributed by atoms with van der Waals surface area (Å²) < 4.78 is 5.32. The van der Waals surface area contributed by atoms with Gasteiger partial charge in [0.15, 0.2) is 4.34 Å². The van der Waals surface area contributed by atoms with Crippen molar-refractivity contribution in [1.29, 1.82) is 0 Å². The van der Waals surface area contributed by atoms with E-state index in [2.05, 4.69) is 20.8 Å². The van der Waals surface area contributed by atoms with E-state index in [1.54, 1.807) is 38.1 Å². The molecule has 3 rings (SSSR count). The van der Waals surface area contributed by atoms with E-state index in [1.807, 2.05) is 6.07 Å². The number of nitrogens with one attached hydrogen (secondary N) is 2. The summed E-state index contributed by atoms with van der Waals surface area (Å²) in [6.45, 7) is 3.36. The molecule has 1 aliphatic rings. The molecule has 0 bridgehead atoms. The highest BCUT2D eigenvalue weighted by Gasteiger charge is 2.51. The lowest BCUT2D eigenvalue weighted by Crippen LogP contribution is -2.44. The maximum absolute atomic E-state index is 13.1. The number of ether oxygens (including phenoxy) is 1. The van der Waals surface area contributed by atoms with Gasteiger partial charge >= 0.3 is 12.0 Å². The molecule has 0 radical (unpaired) electrons. The fourth-order valence-corrected chi connectivity index (χ4v) is 4.64. The highest BCUT2D eigenvalue weighted by atomic mass is 32.2. The molecule has 1 aromatic heterocycles. The summed E-state index contributed by atoms with van der Waals surface area (Å²) in [5.74, 6) is -1.35. The quantitative estimate of drug-likeness (QED) is 0.250. The first-order valence-corrected chi connectivity index (χ1v) is 11.3. The number of anilines is 1. The number of carbonyl (C=O) groups is 4. The van der Waals surface area contributed by atoms with Gasteiger partial charge < -0.3 is 10.1 Å². The second-order valence-electron chi connectivity index (χ2n) is 6.46. The van der Waals surface area contributed by atoms with Crippen molar-refractivity contribution in [2.45, 2.75) is 30.1 Å². The number of benzene rings is 1. The Morgan fingerprint density at radius 3 is 2.65 bits per heavy atom. The maximum atomic E-state index is 13.1. The maximum Gasteiger partial charge on any atom is 0.325 e. The predicted octanol–water partition coefficient (Wildman–Crippen LogP) is 1.99. The summed E-state index contributed by atoms with van der Waals surface area (Å²) >= 11 is 2.22. The molecule has 2 aromatic rings. The molecular weight excluding hydrogens is 442 g/mol. The van der Waals surface area contributed by atoms with Crippen molar-refractivity contribution in [2.75, 3.05) is 24.2 Å². The van der Waals surface area contributed by atoms with Crippen molar-refractivity contribution in [3.63, 3.8) is 0 Å². The highest BCUT2D eigenvalue weighted by molar-refractivity contribution is 8.01. The molecule has 1 fully saturated rings. The molecule has 1 aromatic carbocycles. The summed E-state index contributed by atoms with van der Waals surface area (Å²) in [6.07, 6.45) is 0.344. The molecule has 0 spiro atoms. The van der Waals surface area contributed by atoms with Gasteiger partial charge in [-0.15, -0.1) is 10.2 Å². The van der Waals surface area contributed by atoms with Crippen molar-refractivity contribution in [3.8, 4) is 0 Å². The van der Waals surface area contributed by atoms with Gasteiger partial charge in [-0.2, -0.15) is 0 Å². The summed E-state index contributed by atoms with van der Waals surface area (Å²) in [7, 11) is 0. The molecular formula is C19H21N5O5S2. The Balaban J connectivity index is 1.61. The van der Waals surface area contributed by atoms with Crippen LogP contribution in [-0.2, 0) is 24.7 Å². The van der Waals surface area contributed by atoms with E-state index in [0.29, 0.717) is 22.9 Å². The number of hydrogen-bond acceptors (Lipinski definition) is 9. The number of esters is 1. The number of rotatable bonds is 9. The van der Waals surface area contributed by atoms with Crippen LogP contribution in [0.2, 0.25) is 0 Å². The average Bonchev–Trinajstić information content (AvgIpc) is 3.31. The van der Waals surface area contributed by atoms with Crippen LogP contribution in [0.1, 0.15) is 25.8 Å². The van der Waals surface area contributed by atoms with E-state index in [9.17, 15) is 19.2 Å². The number of hydrogen-bond donors (Lipinski definition) is 2. The molecule has 1 aliphatic heterocycles. The minimum Gasteiger partial charge on any atom is -0.465 e. The summed E-state index contributed by atoms with van der Waals surface area (Å²) in [5.41, 5.74) is -0.538. The number of thioether (sulfide) groups is 1. The fourth-order valence-electron chi connectivity index (χ4n) is 3.08. The Labute approximate surface area is 186 Å². The fraction of sp³-hybridized carbons (Fsp3) is 0.368. The number of nitrogens with zero attached hydrogens (tertiary/aromatic N) is 3. The smallest absolute Gasteiger partial charge is 0.325 e. The number of carbonyl (C=O) groups excluding carboxylic acids is 4. The molecule has 0 saturated carbocycles. The summed E-state index contributed by atoms with van der Waals surface area (Å²) in [6, 6.07) is 8.29. The van der Waals surface area contributed by atoms with Gasteiger partial charge in [0.2, 0.25) is 11.0 Å². The van der Waals surface area contributed by atoms with E-state index < -0.39 is 29.9 Å². The SMILES string of the molecule is CCOC(=O)CSc1nnc(NC(=O)CN2C(=O)NC(CC)(c3ccccc3)C2=O)s1. The van der Waals surface area contributed by atoms with Crippen LogP contribution in [0.4, 0.5) is 9.93 Å². The Morgan fingerprint density at radius 1 is 1.23 bits per heavy atom. The normalized spacial score (nSPS) is 18.1. The van der Waals surface area contributed by atoms with Crippen LogP contribution >= 0.6 is 23.1 Å². The monoisotopic (exact) mass is 463 g/mol. The third kappa shape index (κ3) is 5.02. The molecule has 1 atom stereocenters. The minimum absolute atomic E-state index is 0.0808. The van der Waals surface area contributed by atoms with E-state index >= 15 is 0 Å². The van der Waals surface area contributed by atoms with Gasteiger partial charge in [-0.1, -0.05) is 60.4 Å². The van der Waals surface area contributed by atoms with Crippen LogP contribution in [0.25, 0.3) is 0 Å². The summed E-state index contributed by atoms with van der Waals surface area (Å²) in [4.78, 5) is 50.2. The molecule has 31 heavy (non-hydrogen) atoms. The van der Waals surface area contributed by atoms with Gasteiger partial charge in [0.05, 0.1) is 12.4 Å². The molecule has 10 nitrogen and oxygen atoms in total. The number of urea groups is 1. The zero-order valence-corrected chi connectivity index (χ0v) is 18.5. The van der Waals surface area contributed by atoms with Crippen LogP contribution in [0.5, 0.6) is 0 Å². The van der Waals surface area contributed by atoms with E-state index in [-0.39, 0.29) is 16.9 Å². The van der Waals surface area contributed by atoms with Crippen molar-refractivity contribution in [2.24, 2.45) is 0 Å². The molecule has 0 aliphatic carbocycles. The average molecular weight is 464 g/mol. The van der Waals surface area contributed by atoms with Gasteiger partial charge in [0, 0.05) is 0 Å². The van der Waals surface area contributed by atoms with E-state index in [0.717, 1.165) is 28.0 Å². The van der Waals surface area contributed by atoms with Gasteiger partial charge in [-0.05, 0) is 18.9 Å². The predicted molar refractivity (Wildman–Crippen MR) is 115 cm³/mol. The lowest BCUT2D eigenvalue weighted by molar-refractivity contribution is -0.139. The van der Waals surface area contributed by atoms with Gasteiger partial charge in [0.25, 0.3) is 5.91 Å². The Morgan fingerprint density at radius 2 is 1.97 bits per heavy atom. The molecule has 12 heteroatoms. The van der Waals surface area contributed by atoms with Crippen molar-refractivity contribution in [1.82, 2.24) is 20.4 Å². The Kier molecular flexibility index (Phi) is 7.23. The molecule has 2 heterocycles. The number of imide groups is 1. The zero-order chi connectivity index (χ0) is 22.4. The first-order valence-electron chi connectivity index (χ1n) is 9.51. The van der Waals surface area contributed by atoms with Gasteiger partial charge in [-0.3, -0.25) is 24.6 Å². The van der Waals surface area contributed by atoms with E-state index in [4.69, 9.17) is 4.74 Å². The number of aromatic nitrogens is 2. The van der Waals surface area contributed by atoms with Gasteiger partial charge in [0.1, 0.15) is 12.1 Å². The largest absolute Gasteiger partial charge is 0.465 e. The third-order valence-corrected chi connectivity index (χ3v) is 6.49. The molecule has 164 valence electrons. The lowest BCUT2D eigenvalue weighted by Gasteiger charge is -2.25. The first kappa shape index (κ1) is 22.7. The summed E-state index contributed by atoms with van der Waals surface area (Å²) in [5, 5.41) is 13.2. The molecule has 2 N–H and O–H groups in total. The van der Waals surface area contributed by atoms with Crippen molar-refractivity contribution < 1.29 is 23.9 Å². The van der Waals surface area contributed by atoms with Crippen LogP contribution < -0.4 is 10.6 Å². The van der Waals surface area contributed by atoms with E-state index in [1.165, 1.54) is 0 Å². The lowest BCUT2D eigenvalue weighted by atomic mass is 9.87. The van der Waals surface area contributed by atoms with Crippen LogP contribution in [0.3, 0.4) is 0 Å².